The molecule has 0 aliphatic heterocycles. The van der Waals surface area contributed by atoms with Gasteiger partial charge >= 0.3 is 0 Å². The second kappa shape index (κ2) is 10.4. The highest BCUT2D eigenvalue weighted by molar-refractivity contribution is 6.22. The van der Waals surface area contributed by atoms with Crippen molar-refractivity contribution < 1.29 is 8.83 Å². The van der Waals surface area contributed by atoms with Gasteiger partial charge in [0.05, 0.1) is 0 Å². The number of hydrogen-bond donors (Lipinski definition) is 0. The van der Waals surface area contributed by atoms with Gasteiger partial charge in [0.1, 0.15) is 22.3 Å². The molecule has 0 bridgehead atoms. The molecule has 0 radical (unpaired) electrons. The van der Waals surface area contributed by atoms with E-state index in [0.717, 1.165) is 55.0 Å². The van der Waals surface area contributed by atoms with Crippen molar-refractivity contribution in [1.82, 2.24) is 0 Å². The zero-order valence-corrected chi connectivity index (χ0v) is 27.0. The first-order chi connectivity index (χ1) is 24.8. The number of rotatable bonds is 3. The van der Waals surface area contributed by atoms with E-state index in [-0.39, 0.29) is 0 Å². The molecule has 0 N–H and O–H groups in total. The van der Waals surface area contributed by atoms with Crippen LogP contribution in [0.2, 0.25) is 0 Å². The van der Waals surface area contributed by atoms with Crippen LogP contribution < -0.4 is 0 Å². The lowest BCUT2D eigenvalue weighted by atomic mass is 9.85. The van der Waals surface area contributed by atoms with Crippen LogP contribution in [0.3, 0.4) is 0 Å². The number of fused-ring (bicyclic) bond motifs is 9. The minimum atomic E-state index is 0.839. The summed E-state index contributed by atoms with van der Waals surface area (Å²) in [7, 11) is 0. The standard InChI is InChI=1S/C48H28O2/c1-2-10-29(11-3-1)47-37-13-4-6-15-39(37)48(40-16-7-5-14-38(40)47)34-21-20-30-24-31(18-19-32(30)25-34)33-22-23-36-42-27-41-35-12-8-9-17-43(35)49-45(41)28-46(42)50-44(36)26-33/h1-28H. The fourth-order valence-electron chi connectivity index (χ4n) is 8.11. The van der Waals surface area contributed by atoms with Crippen LogP contribution in [0.15, 0.2) is 179 Å². The third-order valence-corrected chi connectivity index (χ3v) is 10.4. The van der Waals surface area contributed by atoms with E-state index < -0.39 is 0 Å². The third kappa shape index (κ3) is 4.03. The lowest BCUT2D eigenvalue weighted by Gasteiger charge is -2.18. The second-order valence-corrected chi connectivity index (χ2v) is 13.2. The Hall–Kier alpha value is -6.64. The topological polar surface area (TPSA) is 26.3 Å². The van der Waals surface area contributed by atoms with Crippen LogP contribution in [-0.4, -0.2) is 0 Å². The molecule has 0 saturated heterocycles. The first-order valence-corrected chi connectivity index (χ1v) is 17.1. The van der Waals surface area contributed by atoms with Crippen molar-refractivity contribution in [2.45, 2.75) is 0 Å². The van der Waals surface area contributed by atoms with E-state index in [1.165, 1.54) is 54.6 Å². The lowest BCUT2D eigenvalue weighted by molar-refractivity contribution is 0.656. The van der Waals surface area contributed by atoms with Gasteiger partial charge in [-0.1, -0.05) is 127 Å². The van der Waals surface area contributed by atoms with Crippen LogP contribution in [0.5, 0.6) is 0 Å². The van der Waals surface area contributed by atoms with Crippen LogP contribution in [0.1, 0.15) is 0 Å². The first-order valence-electron chi connectivity index (χ1n) is 17.1. The van der Waals surface area contributed by atoms with Gasteiger partial charge in [-0.2, -0.15) is 0 Å². The van der Waals surface area contributed by atoms with Crippen LogP contribution >= 0.6 is 0 Å². The summed E-state index contributed by atoms with van der Waals surface area (Å²) >= 11 is 0. The Morgan fingerprint density at radius 2 is 0.700 bits per heavy atom. The zero-order chi connectivity index (χ0) is 32.8. The van der Waals surface area contributed by atoms with Crippen molar-refractivity contribution in [3.63, 3.8) is 0 Å². The molecule has 50 heavy (non-hydrogen) atoms. The fraction of sp³-hybridized carbons (Fsp3) is 0. The van der Waals surface area contributed by atoms with Gasteiger partial charge < -0.3 is 8.83 Å². The molecule has 232 valence electrons. The predicted molar refractivity (Wildman–Crippen MR) is 210 cm³/mol. The molecule has 0 saturated carbocycles. The summed E-state index contributed by atoms with van der Waals surface area (Å²) in [6, 6.07) is 61.1. The van der Waals surface area contributed by atoms with Crippen LogP contribution in [-0.2, 0) is 0 Å². The molecule has 2 heteroatoms. The Balaban J connectivity index is 1.03. The summed E-state index contributed by atoms with van der Waals surface area (Å²) in [4.78, 5) is 0. The number of hydrogen-bond acceptors (Lipinski definition) is 2. The van der Waals surface area contributed by atoms with Crippen molar-refractivity contribution in [1.29, 1.82) is 0 Å². The molecule has 9 aromatic carbocycles. The van der Waals surface area contributed by atoms with E-state index >= 15 is 0 Å². The molecular weight excluding hydrogens is 609 g/mol. The Bertz CT molecular complexity index is 3080. The van der Waals surface area contributed by atoms with E-state index in [1.54, 1.807) is 0 Å². The van der Waals surface area contributed by atoms with Crippen molar-refractivity contribution in [3.05, 3.63) is 170 Å². The molecule has 11 rings (SSSR count). The monoisotopic (exact) mass is 636 g/mol. The molecular formula is C48H28O2. The van der Waals surface area contributed by atoms with Crippen molar-refractivity contribution in [3.8, 4) is 33.4 Å². The number of benzene rings is 9. The maximum atomic E-state index is 6.42. The lowest BCUT2D eigenvalue weighted by Crippen LogP contribution is -1.90. The van der Waals surface area contributed by atoms with Gasteiger partial charge in [0.15, 0.2) is 0 Å². The van der Waals surface area contributed by atoms with Crippen molar-refractivity contribution in [2.24, 2.45) is 0 Å². The highest BCUT2D eigenvalue weighted by Gasteiger charge is 2.17. The summed E-state index contributed by atoms with van der Waals surface area (Å²) in [5.74, 6) is 0. The highest BCUT2D eigenvalue weighted by atomic mass is 16.3. The van der Waals surface area contributed by atoms with Gasteiger partial charge in [-0.25, -0.2) is 0 Å². The van der Waals surface area contributed by atoms with Crippen LogP contribution in [0.25, 0.3) is 110 Å². The van der Waals surface area contributed by atoms with E-state index in [9.17, 15) is 0 Å². The molecule has 2 heterocycles. The zero-order valence-electron chi connectivity index (χ0n) is 27.0. The van der Waals surface area contributed by atoms with Gasteiger partial charge in [0.25, 0.3) is 0 Å². The molecule has 0 aliphatic rings. The van der Waals surface area contributed by atoms with Crippen molar-refractivity contribution >= 4 is 76.2 Å². The summed E-state index contributed by atoms with van der Waals surface area (Å²) in [6.07, 6.45) is 0. The van der Waals surface area contributed by atoms with E-state index in [2.05, 4.69) is 152 Å². The Labute approximate surface area is 287 Å². The Morgan fingerprint density at radius 1 is 0.240 bits per heavy atom. The Morgan fingerprint density at radius 3 is 1.38 bits per heavy atom. The first kappa shape index (κ1) is 27.3. The molecule has 0 atom stereocenters. The van der Waals surface area contributed by atoms with E-state index in [0.29, 0.717) is 0 Å². The molecule has 0 spiro atoms. The minimum Gasteiger partial charge on any atom is -0.456 e. The van der Waals surface area contributed by atoms with Gasteiger partial charge in [0, 0.05) is 27.6 Å². The molecule has 0 amide bonds. The van der Waals surface area contributed by atoms with Crippen LogP contribution in [0, 0.1) is 0 Å². The molecule has 2 nitrogen and oxygen atoms in total. The quantitative estimate of drug-likeness (QED) is 0.180. The summed E-state index contributed by atoms with van der Waals surface area (Å²) < 4.78 is 12.6. The predicted octanol–water partition coefficient (Wildman–Crippen LogP) is 13.9. The normalized spacial score (nSPS) is 12.0. The molecule has 2 aromatic heterocycles. The number of para-hydroxylation sites is 1. The third-order valence-electron chi connectivity index (χ3n) is 10.4. The van der Waals surface area contributed by atoms with Gasteiger partial charge in [-0.05, 0) is 102 Å². The average molecular weight is 637 g/mol. The molecule has 0 unspecified atom stereocenters. The minimum absolute atomic E-state index is 0.839. The summed E-state index contributed by atoms with van der Waals surface area (Å²) in [5, 5.41) is 11.9. The van der Waals surface area contributed by atoms with Gasteiger partial charge in [-0.3, -0.25) is 0 Å². The largest absolute Gasteiger partial charge is 0.456 e. The average Bonchev–Trinajstić information content (AvgIpc) is 3.72. The smallest absolute Gasteiger partial charge is 0.139 e. The SMILES string of the molecule is c1ccc(-c2c3ccccc3c(-c3ccc4cc(-c5ccc6c(c5)oc5cc7oc8ccccc8c7cc56)ccc4c3)c3ccccc23)cc1. The second-order valence-electron chi connectivity index (χ2n) is 13.2. The maximum absolute atomic E-state index is 6.42. The van der Waals surface area contributed by atoms with E-state index in [4.69, 9.17) is 8.83 Å². The van der Waals surface area contributed by atoms with Crippen molar-refractivity contribution in [2.75, 3.05) is 0 Å². The summed E-state index contributed by atoms with van der Waals surface area (Å²) in [5.41, 5.74) is 10.8. The maximum Gasteiger partial charge on any atom is 0.139 e. The van der Waals surface area contributed by atoms with Crippen LogP contribution in [0.4, 0.5) is 0 Å². The van der Waals surface area contributed by atoms with E-state index in [1.807, 2.05) is 18.2 Å². The van der Waals surface area contributed by atoms with Gasteiger partial charge in [-0.15, -0.1) is 0 Å². The summed E-state index contributed by atoms with van der Waals surface area (Å²) in [6.45, 7) is 0. The molecule has 0 fully saturated rings. The highest BCUT2D eigenvalue weighted by Crippen LogP contribution is 2.44. The molecule has 0 aliphatic carbocycles. The Kier molecular flexibility index (Phi) is 5.70. The fourth-order valence-corrected chi connectivity index (χ4v) is 8.11. The molecule has 11 aromatic rings. The number of furan rings is 2. The van der Waals surface area contributed by atoms with Gasteiger partial charge in [0.2, 0.25) is 0 Å².